The Bertz CT molecular complexity index is 301. The zero-order valence-corrected chi connectivity index (χ0v) is 9.06. The number of hydrogen-bond donors (Lipinski definition) is 1. The van der Waals surface area contributed by atoms with Crippen molar-refractivity contribution in [2.45, 2.75) is 13.3 Å². The van der Waals surface area contributed by atoms with Gasteiger partial charge in [0.1, 0.15) is 5.78 Å². The van der Waals surface area contributed by atoms with E-state index in [-0.39, 0.29) is 5.78 Å². The lowest BCUT2D eigenvalue weighted by molar-refractivity contribution is -0.116. The number of rotatable bonds is 6. The van der Waals surface area contributed by atoms with Gasteiger partial charge in [-0.15, -0.1) is 0 Å². The zero-order valence-electron chi connectivity index (χ0n) is 8.24. The van der Waals surface area contributed by atoms with E-state index in [1.807, 2.05) is 0 Å². The monoisotopic (exact) mass is 215 g/mol. The van der Waals surface area contributed by atoms with Crippen molar-refractivity contribution in [1.82, 2.24) is 9.36 Å². The van der Waals surface area contributed by atoms with E-state index in [9.17, 15) is 4.79 Å². The Morgan fingerprint density at radius 2 is 2.43 bits per heavy atom. The van der Waals surface area contributed by atoms with Crippen molar-refractivity contribution in [2.24, 2.45) is 0 Å². The van der Waals surface area contributed by atoms with Crippen molar-refractivity contribution >= 4 is 22.4 Å². The number of nitrogens with zero attached hydrogens (tertiary/aromatic N) is 2. The minimum absolute atomic E-state index is 0.0752. The van der Waals surface area contributed by atoms with Crippen LogP contribution in [-0.2, 0) is 16.0 Å². The van der Waals surface area contributed by atoms with Crippen LogP contribution in [0.5, 0.6) is 0 Å². The number of methoxy groups -OCH3 is 1. The summed E-state index contributed by atoms with van der Waals surface area (Å²) >= 11 is 1.26. The van der Waals surface area contributed by atoms with Gasteiger partial charge in [-0.1, -0.05) is 0 Å². The highest BCUT2D eigenvalue weighted by Gasteiger charge is 2.05. The molecule has 6 heteroatoms. The van der Waals surface area contributed by atoms with Crippen LogP contribution in [0.15, 0.2) is 0 Å². The lowest BCUT2D eigenvalue weighted by Crippen LogP contribution is -2.07. The molecule has 1 N–H and O–H groups in total. The van der Waals surface area contributed by atoms with Crippen molar-refractivity contribution in [2.75, 3.05) is 25.6 Å². The number of hydrogen-bond acceptors (Lipinski definition) is 6. The molecule has 14 heavy (non-hydrogen) atoms. The summed E-state index contributed by atoms with van der Waals surface area (Å²) in [5, 5.41) is 3.78. The van der Waals surface area contributed by atoms with Gasteiger partial charge in [0.15, 0.2) is 5.82 Å². The first-order chi connectivity index (χ1) is 6.72. The Labute approximate surface area is 86.7 Å². The number of carbonyl (C=O) groups excluding carboxylic acids is 1. The van der Waals surface area contributed by atoms with E-state index in [4.69, 9.17) is 4.74 Å². The first-order valence-electron chi connectivity index (χ1n) is 4.27. The van der Waals surface area contributed by atoms with Crippen LogP contribution in [0.3, 0.4) is 0 Å². The van der Waals surface area contributed by atoms with Crippen molar-refractivity contribution < 1.29 is 9.53 Å². The van der Waals surface area contributed by atoms with Crippen molar-refractivity contribution in [3.63, 3.8) is 0 Å². The third-order valence-electron chi connectivity index (χ3n) is 1.46. The van der Waals surface area contributed by atoms with Crippen LogP contribution in [0.2, 0.25) is 0 Å². The third kappa shape index (κ3) is 3.80. The Hall–Kier alpha value is -1.01. The molecular weight excluding hydrogens is 202 g/mol. The summed E-state index contributed by atoms with van der Waals surface area (Å²) in [5.41, 5.74) is 0. The molecule has 0 aromatic carbocycles. The van der Waals surface area contributed by atoms with E-state index in [0.29, 0.717) is 25.4 Å². The van der Waals surface area contributed by atoms with E-state index in [1.165, 1.54) is 18.5 Å². The predicted molar refractivity (Wildman–Crippen MR) is 54.7 cm³/mol. The van der Waals surface area contributed by atoms with Gasteiger partial charge < -0.3 is 10.1 Å². The Kier molecular flexibility index (Phi) is 4.48. The van der Waals surface area contributed by atoms with Gasteiger partial charge in [-0.25, -0.2) is 4.98 Å². The number of ether oxygens (including phenoxy) is 1. The molecule has 0 aliphatic heterocycles. The summed E-state index contributed by atoms with van der Waals surface area (Å²) < 4.78 is 8.92. The summed E-state index contributed by atoms with van der Waals surface area (Å²) in [7, 11) is 1.64. The van der Waals surface area contributed by atoms with Gasteiger partial charge in [0.25, 0.3) is 0 Å². The smallest absolute Gasteiger partial charge is 0.202 e. The molecule has 1 aromatic heterocycles. The summed E-state index contributed by atoms with van der Waals surface area (Å²) in [6.07, 6.45) is 0.308. The molecule has 1 rings (SSSR count). The van der Waals surface area contributed by atoms with E-state index < -0.39 is 0 Å². The first kappa shape index (κ1) is 11.1. The lowest BCUT2D eigenvalue weighted by atomic mass is 10.3. The Morgan fingerprint density at radius 1 is 1.64 bits per heavy atom. The number of Topliss-reactive ketones (excluding diaryl/α,β-unsaturated/α-hetero) is 1. The van der Waals surface area contributed by atoms with Gasteiger partial charge in [-0.2, -0.15) is 4.37 Å². The van der Waals surface area contributed by atoms with Crippen LogP contribution in [0, 0.1) is 0 Å². The highest BCUT2D eigenvalue weighted by Crippen LogP contribution is 2.10. The third-order valence-corrected chi connectivity index (χ3v) is 2.17. The number of carbonyl (C=O) groups is 1. The fraction of sp³-hybridized carbons (Fsp3) is 0.625. The number of aromatic nitrogens is 2. The maximum Gasteiger partial charge on any atom is 0.202 e. The molecule has 0 unspecified atom stereocenters. The summed E-state index contributed by atoms with van der Waals surface area (Å²) in [6.45, 7) is 2.85. The molecule has 0 spiro atoms. The Balaban J connectivity index is 2.38. The molecule has 0 aliphatic carbocycles. The molecule has 78 valence electrons. The van der Waals surface area contributed by atoms with Crippen molar-refractivity contribution in [3.05, 3.63) is 5.82 Å². The molecular formula is C8H13N3O2S. The molecule has 0 radical (unpaired) electrons. The number of anilines is 1. The van der Waals surface area contributed by atoms with Gasteiger partial charge in [0, 0.05) is 25.2 Å². The molecule has 0 saturated heterocycles. The predicted octanol–water partition coefficient (Wildman–Crippen LogP) is 0.728. The largest absolute Gasteiger partial charge is 0.383 e. The maximum absolute atomic E-state index is 10.8. The highest BCUT2D eigenvalue weighted by atomic mass is 32.1. The average molecular weight is 215 g/mol. The number of nitrogens with one attached hydrogen (secondary N) is 1. The summed E-state index contributed by atoms with van der Waals surface area (Å²) in [6, 6.07) is 0. The van der Waals surface area contributed by atoms with E-state index >= 15 is 0 Å². The van der Waals surface area contributed by atoms with Gasteiger partial charge in [-0.05, 0) is 6.92 Å². The van der Waals surface area contributed by atoms with Gasteiger partial charge in [-0.3, -0.25) is 4.79 Å². The van der Waals surface area contributed by atoms with Crippen LogP contribution >= 0.6 is 11.5 Å². The van der Waals surface area contributed by atoms with Crippen molar-refractivity contribution in [1.29, 1.82) is 0 Å². The second-order valence-corrected chi connectivity index (χ2v) is 3.57. The van der Waals surface area contributed by atoms with Crippen molar-refractivity contribution in [3.8, 4) is 0 Å². The average Bonchev–Trinajstić information content (AvgIpc) is 2.52. The normalized spacial score (nSPS) is 10.1. The molecule has 0 amide bonds. The molecule has 0 aliphatic rings. The Morgan fingerprint density at radius 3 is 3.07 bits per heavy atom. The van der Waals surface area contributed by atoms with Crippen LogP contribution in [0.4, 0.5) is 5.13 Å². The lowest BCUT2D eigenvalue weighted by Gasteiger charge is -1.98. The minimum Gasteiger partial charge on any atom is -0.383 e. The van der Waals surface area contributed by atoms with Gasteiger partial charge in [0.2, 0.25) is 5.13 Å². The minimum atomic E-state index is 0.0752. The number of ketones is 1. The molecule has 0 fully saturated rings. The highest BCUT2D eigenvalue weighted by molar-refractivity contribution is 7.09. The second kappa shape index (κ2) is 5.66. The molecule has 1 heterocycles. The fourth-order valence-electron chi connectivity index (χ4n) is 0.880. The van der Waals surface area contributed by atoms with Crippen LogP contribution in [0.1, 0.15) is 12.7 Å². The quantitative estimate of drug-likeness (QED) is 0.709. The van der Waals surface area contributed by atoms with E-state index in [1.54, 1.807) is 7.11 Å². The first-order valence-corrected chi connectivity index (χ1v) is 5.04. The topological polar surface area (TPSA) is 64.1 Å². The van der Waals surface area contributed by atoms with Crippen LogP contribution < -0.4 is 5.32 Å². The second-order valence-electron chi connectivity index (χ2n) is 2.81. The molecule has 0 saturated carbocycles. The van der Waals surface area contributed by atoms with E-state index in [2.05, 4.69) is 14.7 Å². The van der Waals surface area contributed by atoms with Gasteiger partial charge >= 0.3 is 0 Å². The standard InChI is InChI=1S/C8H13N3O2S/c1-6(12)5-7-10-8(14-11-7)9-3-4-13-2/h3-5H2,1-2H3,(H,9,10,11). The SMILES string of the molecule is COCCNc1nc(CC(C)=O)ns1. The molecule has 1 aromatic rings. The zero-order chi connectivity index (χ0) is 10.4. The molecule has 0 atom stereocenters. The van der Waals surface area contributed by atoms with Gasteiger partial charge in [0.05, 0.1) is 13.0 Å². The molecule has 5 nitrogen and oxygen atoms in total. The summed E-state index contributed by atoms with van der Waals surface area (Å²) in [4.78, 5) is 14.9. The maximum atomic E-state index is 10.8. The van der Waals surface area contributed by atoms with Crippen LogP contribution in [-0.4, -0.2) is 35.4 Å². The molecule has 0 bridgehead atoms. The summed E-state index contributed by atoms with van der Waals surface area (Å²) in [5.74, 6) is 0.661. The fourth-order valence-corrected chi connectivity index (χ4v) is 1.49. The van der Waals surface area contributed by atoms with E-state index in [0.717, 1.165) is 5.13 Å². The van der Waals surface area contributed by atoms with Crippen LogP contribution in [0.25, 0.3) is 0 Å².